The summed E-state index contributed by atoms with van der Waals surface area (Å²) in [5, 5.41) is 15.1. The number of hydrogen-bond acceptors (Lipinski definition) is 6. The van der Waals surface area contributed by atoms with Gasteiger partial charge in [0.2, 0.25) is 0 Å². The van der Waals surface area contributed by atoms with E-state index in [4.69, 9.17) is 9.47 Å². The van der Waals surface area contributed by atoms with Gasteiger partial charge in [0, 0.05) is 14.6 Å². The van der Waals surface area contributed by atoms with Crippen LogP contribution >= 0.6 is 22.7 Å². The number of hydrogen-bond donors (Lipinski definition) is 2. The van der Waals surface area contributed by atoms with Gasteiger partial charge in [0.25, 0.3) is 5.91 Å². The molecule has 1 atom stereocenters. The lowest BCUT2D eigenvalue weighted by atomic mass is 10.2. The monoisotopic (exact) mass is 389 g/mol. The van der Waals surface area contributed by atoms with E-state index in [0.29, 0.717) is 18.0 Å². The third-order valence-corrected chi connectivity index (χ3v) is 5.71. The maximum Gasteiger partial charge on any atom is 0.258 e. The van der Waals surface area contributed by atoms with E-state index in [1.165, 1.54) is 22.7 Å². The summed E-state index contributed by atoms with van der Waals surface area (Å²) in [6.45, 7) is 0.312. The average Bonchev–Trinajstić information content (AvgIpc) is 3.36. The summed E-state index contributed by atoms with van der Waals surface area (Å²) in [5.74, 6) is 0.901. The Morgan fingerprint density at radius 1 is 1.12 bits per heavy atom. The van der Waals surface area contributed by atoms with Gasteiger partial charge in [-0.2, -0.15) is 0 Å². The molecule has 2 aromatic heterocycles. The molecule has 0 unspecified atom stereocenters. The molecule has 5 nitrogen and oxygen atoms in total. The van der Waals surface area contributed by atoms with Crippen molar-refractivity contribution in [2.45, 2.75) is 12.6 Å². The largest absolute Gasteiger partial charge is 0.493 e. The second kappa shape index (κ2) is 8.84. The number of carbonyl (C=O) groups is 1. The third kappa shape index (κ3) is 4.63. The number of benzene rings is 1. The second-order valence-electron chi connectivity index (χ2n) is 5.44. The van der Waals surface area contributed by atoms with E-state index < -0.39 is 6.10 Å². The first-order chi connectivity index (χ1) is 12.7. The molecule has 0 saturated heterocycles. The highest BCUT2D eigenvalue weighted by atomic mass is 32.1. The molecular formula is C19H19NO4S2. The molecule has 1 amide bonds. The van der Waals surface area contributed by atoms with Crippen LogP contribution in [0.15, 0.2) is 53.9 Å². The van der Waals surface area contributed by atoms with Gasteiger partial charge < -0.3 is 19.9 Å². The molecule has 0 aliphatic heterocycles. The Hall–Kier alpha value is -2.35. The molecule has 7 heteroatoms. The van der Waals surface area contributed by atoms with Crippen LogP contribution in [0.25, 0.3) is 0 Å². The van der Waals surface area contributed by atoms with Crippen molar-refractivity contribution in [2.24, 2.45) is 0 Å². The smallest absolute Gasteiger partial charge is 0.258 e. The normalized spacial score (nSPS) is 11.8. The van der Waals surface area contributed by atoms with Crippen molar-refractivity contribution >= 4 is 28.6 Å². The van der Waals surface area contributed by atoms with Crippen LogP contribution in [0.4, 0.5) is 0 Å². The maximum atomic E-state index is 12.0. The lowest BCUT2D eigenvalue weighted by Gasteiger charge is -2.10. The van der Waals surface area contributed by atoms with Gasteiger partial charge in [-0.05, 0) is 35.7 Å². The van der Waals surface area contributed by atoms with E-state index in [1.54, 1.807) is 19.2 Å². The Bertz CT molecular complexity index is 845. The van der Waals surface area contributed by atoms with Crippen molar-refractivity contribution in [3.63, 3.8) is 0 Å². The highest BCUT2D eigenvalue weighted by molar-refractivity contribution is 7.12. The summed E-state index contributed by atoms with van der Waals surface area (Å²) >= 11 is 3.00. The summed E-state index contributed by atoms with van der Waals surface area (Å²) < 4.78 is 10.7. The maximum absolute atomic E-state index is 12.0. The Balaban J connectivity index is 1.49. The minimum atomic E-state index is -0.613. The number of para-hydroxylation sites is 2. The zero-order chi connectivity index (χ0) is 18.4. The van der Waals surface area contributed by atoms with Crippen LogP contribution in [0, 0.1) is 0 Å². The van der Waals surface area contributed by atoms with Crippen LogP contribution in [-0.2, 0) is 11.3 Å². The summed E-state index contributed by atoms with van der Waals surface area (Å²) in [6.07, 6.45) is -0.613. The molecule has 0 radical (unpaired) electrons. The number of nitrogens with one attached hydrogen (secondary N) is 1. The van der Waals surface area contributed by atoms with Gasteiger partial charge in [0.05, 0.1) is 13.7 Å². The van der Waals surface area contributed by atoms with Gasteiger partial charge in [0.1, 0.15) is 6.10 Å². The highest BCUT2D eigenvalue weighted by Crippen LogP contribution is 2.31. The molecule has 0 bridgehead atoms. The lowest BCUT2D eigenvalue weighted by Crippen LogP contribution is -2.28. The Kier molecular flexibility index (Phi) is 6.27. The summed E-state index contributed by atoms with van der Waals surface area (Å²) in [5.41, 5.74) is 0. The number of amides is 1. The standard InChI is InChI=1S/C19H19NO4S2/c1-23-14-5-2-3-6-15(14)24-12-18(21)20-11-13-8-9-17(26-13)19(22)16-7-4-10-25-16/h2-10,19,22H,11-12H2,1H3,(H,20,21)/t19-/m1/s1. The van der Waals surface area contributed by atoms with Gasteiger partial charge in [-0.3, -0.25) is 4.79 Å². The van der Waals surface area contributed by atoms with E-state index in [0.717, 1.165) is 14.6 Å². The summed E-state index contributed by atoms with van der Waals surface area (Å²) in [6, 6.07) is 14.8. The summed E-state index contributed by atoms with van der Waals surface area (Å²) in [7, 11) is 1.56. The molecule has 0 fully saturated rings. The van der Waals surface area contributed by atoms with Crippen molar-refractivity contribution in [1.82, 2.24) is 5.32 Å². The molecule has 2 N–H and O–H groups in total. The Morgan fingerprint density at radius 2 is 1.92 bits per heavy atom. The quantitative estimate of drug-likeness (QED) is 0.618. The van der Waals surface area contributed by atoms with E-state index in [9.17, 15) is 9.90 Å². The fourth-order valence-electron chi connectivity index (χ4n) is 2.34. The molecule has 3 aromatic rings. The lowest BCUT2D eigenvalue weighted by molar-refractivity contribution is -0.123. The van der Waals surface area contributed by atoms with Crippen LogP contribution in [0.5, 0.6) is 11.5 Å². The minimum absolute atomic E-state index is 0.0869. The number of thiophene rings is 2. The molecule has 26 heavy (non-hydrogen) atoms. The van der Waals surface area contributed by atoms with Crippen molar-refractivity contribution in [3.8, 4) is 11.5 Å². The molecule has 1 aromatic carbocycles. The molecule has 136 valence electrons. The fourth-order valence-corrected chi connectivity index (χ4v) is 4.10. The first-order valence-corrected chi connectivity index (χ1v) is 9.69. The number of aliphatic hydroxyl groups is 1. The molecular weight excluding hydrogens is 370 g/mol. The third-order valence-electron chi connectivity index (χ3n) is 3.65. The van der Waals surface area contributed by atoms with Crippen molar-refractivity contribution in [2.75, 3.05) is 13.7 Å². The molecule has 0 saturated carbocycles. The number of methoxy groups -OCH3 is 1. The van der Waals surface area contributed by atoms with Gasteiger partial charge >= 0.3 is 0 Å². The molecule has 0 aliphatic rings. The van der Waals surface area contributed by atoms with Crippen LogP contribution in [0.1, 0.15) is 20.7 Å². The fraction of sp³-hybridized carbons (Fsp3) is 0.211. The molecule has 0 spiro atoms. The number of ether oxygens (including phenoxy) is 2. The number of carbonyl (C=O) groups excluding carboxylic acids is 1. The Morgan fingerprint density at radius 3 is 2.65 bits per heavy atom. The van der Waals surface area contributed by atoms with Gasteiger partial charge in [-0.15, -0.1) is 22.7 Å². The SMILES string of the molecule is COc1ccccc1OCC(=O)NCc1ccc([C@H](O)c2cccs2)s1. The molecule has 0 aliphatic carbocycles. The van der Waals surface area contributed by atoms with Crippen LogP contribution in [0.3, 0.4) is 0 Å². The minimum Gasteiger partial charge on any atom is -0.493 e. The van der Waals surface area contributed by atoms with Crippen molar-refractivity contribution < 1.29 is 19.4 Å². The highest BCUT2D eigenvalue weighted by Gasteiger charge is 2.14. The molecule has 2 heterocycles. The van der Waals surface area contributed by atoms with Crippen LogP contribution in [-0.4, -0.2) is 24.7 Å². The number of rotatable bonds is 8. The van der Waals surface area contributed by atoms with Gasteiger partial charge in [-0.25, -0.2) is 0 Å². The zero-order valence-electron chi connectivity index (χ0n) is 14.2. The predicted octanol–water partition coefficient (Wildman–Crippen LogP) is 3.60. The van der Waals surface area contributed by atoms with Crippen LogP contribution < -0.4 is 14.8 Å². The first-order valence-electron chi connectivity index (χ1n) is 8.00. The summed E-state index contributed by atoms with van der Waals surface area (Å²) in [4.78, 5) is 14.7. The first kappa shape index (κ1) is 18.4. The van der Waals surface area contributed by atoms with E-state index in [-0.39, 0.29) is 12.5 Å². The predicted molar refractivity (Wildman–Crippen MR) is 103 cm³/mol. The second-order valence-corrected chi connectivity index (χ2v) is 7.62. The van der Waals surface area contributed by atoms with E-state index in [1.807, 2.05) is 41.8 Å². The average molecular weight is 389 g/mol. The van der Waals surface area contributed by atoms with Crippen molar-refractivity contribution in [1.29, 1.82) is 0 Å². The van der Waals surface area contributed by atoms with Crippen molar-refractivity contribution in [3.05, 3.63) is 68.5 Å². The Labute approximate surface area is 159 Å². The van der Waals surface area contributed by atoms with E-state index >= 15 is 0 Å². The number of aliphatic hydroxyl groups excluding tert-OH is 1. The van der Waals surface area contributed by atoms with Gasteiger partial charge in [-0.1, -0.05) is 18.2 Å². The van der Waals surface area contributed by atoms with E-state index in [2.05, 4.69) is 5.32 Å². The van der Waals surface area contributed by atoms with Gasteiger partial charge in [0.15, 0.2) is 18.1 Å². The zero-order valence-corrected chi connectivity index (χ0v) is 15.8. The molecule has 3 rings (SSSR count). The van der Waals surface area contributed by atoms with Crippen LogP contribution in [0.2, 0.25) is 0 Å². The topological polar surface area (TPSA) is 67.8 Å².